The highest BCUT2D eigenvalue weighted by atomic mass is 16.9. The largest absolute Gasteiger partial charge is 0.444 e. The van der Waals surface area contributed by atoms with Gasteiger partial charge in [0.1, 0.15) is 11.4 Å². The van der Waals surface area contributed by atoms with Crippen LogP contribution in [0.4, 0.5) is 10.6 Å². The summed E-state index contributed by atoms with van der Waals surface area (Å²) in [6, 6.07) is 3.63. The monoisotopic (exact) mass is 280 g/mol. The van der Waals surface area contributed by atoms with E-state index in [-0.39, 0.29) is 12.6 Å². The number of nitrogens with zero attached hydrogens (tertiary/aromatic N) is 1. The third kappa shape index (κ3) is 4.47. The van der Waals surface area contributed by atoms with Gasteiger partial charge in [0.15, 0.2) is 12.6 Å². The standard InChI is InChI=1S/C14H20N2O4/c1-9-18-12(19-9)8-10-5-6-15-11(7-10)16-13(17)20-14(2,3)4/h5-7,9,12H,8H2,1-4H3,(H,15,16,17). The van der Waals surface area contributed by atoms with E-state index in [2.05, 4.69) is 10.3 Å². The fourth-order valence-electron chi connectivity index (χ4n) is 1.80. The predicted molar refractivity (Wildman–Crippen MR) is 73.2 cm³/mol. The van der Waals surface area contributed by atoms with E-state index < -0.39 is 11.7 Å². The highest BCUT2D eigenvalue weighted by Gasteiger charge is 2.26. The summed E-state index contributed by atoms with van der Waals surface area (Å²) in [7, 11) is 0. The van der Waals surface area contributed by atoms with E-state index in [0.717, 1.165) is 5.56 Å². The van der Waals surface area contributed by atoms with Crippen LogP contribution in [0.1, 0.15) is 33.3 Å². The Morgan fingerprint density at radius 1 is 1.45 bits per heavy atom. The molecule has 1 N–H and O–H groups in total. The molecular weight excluding hydrogens is 260 g/mol. The van der Waals surface area contributed by atoms with Crippen LogP contribution in [0.15, 0.2) is 18.3 Å². The number of anilines is 1. The summed E-state index contributed by atoms with van der Waals surface area (Å²) in [5.74, 6) is 0.448. The summed E-state index contributed by atoms with van der Waals surface area (Å²) < 4.78 is 15.9. The Morgan fingerprint density at radius 2 is 2.15 bits per heavy atom. The number of carbonyl (C=O) groups excluding carboxylic acids is 1. The molecule has 0 radical (unpaired) electrons. The number of rotatable bonds is 3. The van der Waals surface area contributed by atoms with Gasteiger partial charge in [-0.2, -0.15) is 0 Å². The maximum absolute atomic E-state index is 11.6. The van der Waals surface area contributed by atoms with Gasteiger partial charge in [0.25, 0.3) is 0 Å². The molecule has 1 aliphatic heterocycles. The molecule has 1 saturated heterocycles. The molecule has 2 rings (SSSR count). The van der Waals surface area contributed by atoms with Gasteiger partial charge in [0.05, 0.1) is 0 Å². The smallest absolute Gasteiger partial charge is 0.413 e. The minimum Gasteiger partial charge on any atom is -0.444 e. The van der Waals surface area contributed by atoms with Crippen molar-refractivity contribution in [3.8, 4) is 0 Å². The molecular formula is C14H20N2O4. The molecule has 2 heterocycles. The number of aromatic nitrogens is 1. The number of hydrogen-bond donors (Lipinski definition) is 1. The normalized spacial score (nSPS) is 22.0. The van der Waals surface area contributed by atoms with Gasteiger partial charge in [-0.1, -0.05) is 0 Å². The number of pyridine rings is 1. The van der Waals surface area contributed by atoms with Gasteiger partial charge >= 0.3 is 6.09 Å². The van der Waals surface area contributed by atoms with Crippen molar-refractivity contribution < 1.29 is 19.0 Å². The molecule has 6 nitrogen and oxygen atoms in total. The lowest BCUT2D eigenvalue weighted by molar-refractivity contribution is -0.374. The van der Waals surface area contributed by atoms with Crippen LogP contribution in [-0.2, 0) is 20.6 Å². The van der Waals surface area contributed by atoms with Gasteiger partial charge in [-0.05, 0) is 45.4 Å². The summed E-state index contributed by atoms with van der Waals surface area (Å²) in [5, 5.41) is 2.60. The fraction of sp³-hybridized carbons (Fsp3) is 0.571. The Kier molecular flexibility index (Phi) is 4.25. The lowest BCUT2D eigenvalue weighted by Gasteiger charge is -2.33. The zero-order valence-corrected chi connectivity index (χ0v) is 12.2. The van der Waals surface area contributed by atoms with Crippen molar-refractivity contribution in [2.24, 2.45) is 0 Å². The van der Waals surface area contributed by atoms with Crippen LogP contribution < -0.4 is 5.32 Å². The van der Waals surface area contributed by atoms with E-state index >= 15 is 0 Å². The molecule has 6 heteroatoms. The second-order valence-corrected chi connectivity index (χ2v) is 5.65. The lowest BCUT2D eigenvalue weighted by Crippen LogP contribution is -2.40. The van der Waals surface area contributed by atoms with Crippen molar-refractivity contribution in [1.82, 2.24) is 4.98 Å². The van der Waals surface area contributed by atoms with Crippen LogP contribution in [0.2, 0.25) is 0 Å². The molecule has 1 amide bonds. The SMILES string of the molecule is CC1OC(Cc2ccnc(NC(=O)OC(C)(C)C)c2)O1. The molecule has 0 aromatic carbocycles. The Bertz CT molecular complexity index is 478. The third-order valence-electron chi connectivity index (χ3n) is 2.54. The first-order valence-corrected chi connectivity index (χ1v) is 6.58. The van der Waals surface area contributed by atoms with Gasteiger partial charge in [-0.3, -0.25) is 5.32 Å². The van der Waals surface area contributed by atoms with Gasteiger partial charge < -0.3 is 14.2 Å². The van der Waals surface area contributed by atoms with Crippen molar-refractivity contribution in [2.45, 2.75) is 52.3 Å². The molecule has 0 spiro atoms. The number of carbonyl (C=O) groups is 1. The highest BCUT2D eigenvalue weighted by molar-refractivity contribution is 5.83. The fourth-order valence-corrected chi connectivity index (χ4v) is 1.80. The van der Waals surface area contributed by atoms with Crippen LogP contribution in [0.3, 0.4) is 0 Å². The number of nitrogens with one attached hydrogen (secondary N) is 1. The quantitative estimate of drug-likeness (QED) is 0.921. The van der Waals surface area contributed by atoms with Gasteiger partial charge in [0, 0.05) is 12.6 Å². The summed E-state index contributed by atoms with van der Waals surface area (Å²) >= 11 is 0. The molecule has 1 aromatic heterocycles. The van der Waals surface area contributed by atoms with E-state index in [9.17, 15) is 4.79 Å². The predicted octanol–water partition coefficient (Wildman–Crippen LogP) is 2.69. The maximum Gasteiger partial charge on any atom is 0.413 e. The van der Waals surface area contributed by atoms with Crippen LogP contribution in [-0.4, -0.2) is 29.3 Å². The zero-order chi connectivity index (χ0) is 14.8. The van der Waals surface area contributed by atoms with Gasteiger partial charge in [0.2, 0.25) is 0 Å². The average Bonchev–Trinajstić information content (AvgIpc) is 2.24. The molecule has 20 heavy (non-hydrogen) atoms. The first-order valence-electron chi connectivity index (χ1n) is 6.58. The lowest BCUT2D eigenvalue weighted by atomic mass is 10.2. The zero-order valence-electron chi connectivity index (χ0n) is 12.2. The topological polar surface area (TPSA) is 69.7 Å². The van der Waals surface area contributed by atoms with E-state index in [1.54, 1.807) is 12.3 Å². The minimum absolute atomic E-state index is 0.138. The summed E-state index contributed by atoms with van der Waals surface area (Å²) in [6.45, 7) is 7.27. The number of hydrogen-bond acceptors (Lipinski definition) is 5. The van der Waals surface area contributed by atoms with Crippen LogP contribution in [0, 0.1) is 0 Å². The maximum atomic E-state index is 11.6. The molecule has 1 aliphatic rings. The molecule has 0 atom stereocenters. The van der Waals surface area contributed by atoms with Crippen LogP contribution in [0.25, 0.3) is 0 Å². The van der Waals surface area contributed by atoms with E-state index in [1.807, 2.05) is 33.8 Å². The van der Waals surface area contributed by atoms with Crippen molar-refractivity contribution in [2.75, 3.05) is 5.32 Å². The number of ether oxygens (including phenoxy) is 3. The first-order chi connectivity index (χ1) is 9.32. The average molecular weight is 280 g/mol. The summed E-state index contributed by atoms with van der Waals surface area (Å²) in [5.41, 5.74) is 0.439. The summed E-state index contributed by atoms with van der Waals surface area (Å²) in [6.07, 6.45) is 1.37. The van der Waals surface area contributed by atoms with Crippen molar-refractivity contribution in [3.63, 3.8) is 0 Å². The Hall–Kier alpha value is -1.66. The number of amides is 1. The molecule has 110 valence electrons. The molecule has 0 aliphatic carbocycles. The van der Waals surface area contributed by atoms with Gasteiger partial charge in [-0.15, -0.1) is 0 Å². The molecule has 0 saturated carbocycles. The molecule has 0 bridgehead atoms. The second-order valence-electron chi connectivity index (χ2n) is 5.65. The molecule has 1 fully saturated rings. The van der Waals surface area contributed by atoms with Crippen molar-refractivity contribution in [3.05, 3.63) is 23.9 Å². The van der Waals surface area contributed by atoms with Crippen molar-refractivity contribution in [1.29, 1.82) is 0 Å². The van der Waals surface area contributed by atoms with Gasteiger partial charge in [-0.25, -0.2) is 9.78 Å². The van der Waals surface area contributed by atoms with E-state index in [1.165, 1.54) is 0 Å². The highest BCUT2D eigenvalue weighted by Crippen LogP contribution is 2.21. The Balaban J connectivity index is 1.90. The van der Waals surface area contributed by atoms with E-state index in [0.29, 0.717) is 12.2 Å². The van der Waals surface area contributed by atoms with Crippen molar-refractivity contribution >= 4 is 11.9 Å². The first kappa shape index (κ1) is 14.7. The van der Waals surface area contributed by atoms with Crippen LogP contribution in [0.5, 0.6) is 0 Å². The molecule has 1 aromatic rings. The third-order valence-corrected chi connectivity index (χ3v) is 2.54. The molecule has 0 unspecified atom stereocenters. The Morgan fingerprint density at radius 3 is 2.75 bits per heavy atom. The minimum atomic E-state index is -0.536. The Labute approximate surface area is 118 Å². The van der Waals surface area contributed by atoms with E-state index in [4.69, 9.17) is 14.2 Å². The second kappa shape index (κ2) is 5.76. The summed E-state index contributed by atoms with van der Waals surface area (Å²) in [4.78, 5) is 15.7. The van der Waals surface area contributed by atoms with Crippen LogP contribution >= 0.6 is 0 Å².